The fourth-order valence-electron chi connectivity index (χ4n) is 3.26. The van der Waals surface area contributed by atoms with Crippen molar-refractivity contribution in [2.75, 3.05) is 6.54 Å². The predicted molar refractivity (Wildman–Crippen MR) is 99.5 cm³/mol. The summed E-state index contributed by atoms with van der Waals surface area (Å²) in [6, 6.07) is 7.49. The highest BCUT2D eigenvalue weighted by atomic mass is 16.4. The number of rotatable bonds is 5. The number of carbonyl (C=O) groups excluding carboxylic acids is 1. The van der Waals surface area contributed by atoms with E-state index in [4.69, 9.17) is 4.42 Å². The van der Waals surface area contributed by atoms with Crippen molar-refractivity contribution in [1.82, 2.24) is 24.6 Å². The quantitative estimate of drug-likeness (QED) is 0.694. The SMILES string of the molecule is CC(C)CCc1nc2c(o1)CCN(C(=O)c1cccc(-n3cnnc3)c1)C2. The Morgan fingerprint density at radius 3 is 2.85 bits per heavy atom. The maximum Gasteiger partial charge on any atom is 0.254 e. The van der Waals surface area contributed by atoms with E-state index in [1.54, 1.807) is 17.2 Å². The molecule has 7 nitrogen and oxygen atoms in total. The second-order valence-electron chi connectivity index (χ2n) is 7.31. The number of carbonyl (C=O) groups is 1. The van der Waals surface area contributed by atoms with Crippen molar-refractivity contribution in [3.63, 3.8) is 0 Å². The molecule has 0 radical (unpaired) electrons. The van der Waals surface area contributed by atoms with Gasteiger partial charge in [-0.05, 0) is 30.5 Å². The highest BCUT2D eigenvalue weighted by molar-refractivity contribution is 5.94. The first-order valence-electron chi connectivity index (χ1n) is 9.32. The number of aromatic nitrogens is 4. The molecule has 7 heteroatoms. The fourth-order valence-corrected chi connectivity index (χ4v) is 3.26. The highest BCUT2D eigenvalue weighted by Crippen LogP contribution is 2.23. The smallest absolute Gasteiger partial charge is 0.254 e. The minimum absolute atomic E-state index is 0.00213. The second-order valence-corrected chi connectivity index (χ2v) is 7.31. The highest BCUT2D eigenvalue weighted by Gasteiger charge is 2.26. The average Bonchev–Trinajstić information content (AvgIpc) is 3.34. The minimum atomic E-state index is 0.00213. The van der Waals surface area contributed by atoms with Crippen LogP contribution in [0.5, 0.6) is 0 Å². The Morgan fingerprint density at radius 1 is 1.26 bits per heavy atom. The van der Waals surface area contributed by atoms with E-state index < -0.39 is 0 Å². The van der Waals surface area contributed by atoms with Crippen LogP contribution in [0.3, 0.4) is 0 Å². The van der Waals surface area contributed by atoms with Gasteiger partial charge in [0.2, 0.25) is 0 Å². The Balaban J connectivity index is 1.49. The first kappa shape index (κ1) is 17.5. The minimum Gasteiger partial charge on any atom is -0.445 e. The molecule has 0 N–H and O–H groups in total. The molecule has 0 fully saturated rings. The molecule has 0 saturated heterocycles. The molecule has 0 atom stereocenters. The Bertz CT molecular complexity index is 930. The third kappa shape index (κ3) is 3.77. The van der Waals surface area contributed by atoms with Gasteiger partial charge in [0.25, 0.3) is 5.91 Å². The summed E-state index contributed by atoms with van der Waals surface area (Å²) in [5.74, 6) is 2.33. The number of benzene rings is 1. The Morgan fingerprint density at radius 2 is 2.07 bits per heavy atom. The molecule has 0 aliphatic carbocycles. The van der Waals surface area contributed by atoms with Crippen LogP contribution in [-0.4, -0.2) is 37.1 Å². The molecule has 27 heavy (non-hydrogen) atoms. The molecule has 4 rings (SSSR count). The normalized spacial score (nSPS) is 13.8. The molecule has 0 saturated carbocycles. The van der Waals surface area contributed by atoms with Gasteiger partial charge in [0, 0.05) is 30.6 Å². The van der Waals surface area contributed by atoms with Gasteiger partial charge < -0.3 is 9.32 Å². The number of fused-ring (bicyclic) bond motifs is 1. The second kappa shape index (κ2) is 7.34. The lowest BCUT2D eigenvalue weighted by Crippen LogP contribution is -2.35. The van der Waals surface area contributed by atoms with E-state index in [1.807, 2.05) is 29.2 Å². The first-order valence-corrected chi connectivity index (χ1v) is 9.32. The standard InChI is InChI=1S/C20H23N5O2/c1-14(2)6-7-19-23-17-11-24(9-8-18(17)27-19)20(26)15-4-3-5-16(10-15)25-12-21-22-13-25/h3-5,10,12-14H,6-9,11H2,1-2H3. The van der Waals surface area contributed by atoms with Crippen LogP contribution in [0.1, 0.15) is 48.0 Å². The van der Waals surface area contributed by atoms with Crippen LogP contribution >= 0.6 is 0 Å². The number of amides is 1. The van der Waals surface area contributed by atoms with Crippen LogP contribution in [0.4, 0.5) is 0 Å². The van der Waals surface area contributed by atoms with Crippen molar-refractivity contribution in [1.29, 1.82) is 0 Å². The largest absolute Gasteiger partial charge is 0.445 e. The lowest BCUT2D eigenvalue weighted by Gasteiger charge is -2.25. The summed E-state index contributed by atoms with van der Waals surface area (Å²) in [6.45, 7) is 5.52. The van der Waals surface area contributed by atoms with Gasteiger partial charge in [-0.2, -0.15) is 0 Å². The van der Waals surface area contributed by atoms with Crippen LogP contribution < -0.4 is 0 Å². The third-order valence-corrected chi connectivity index (χ3v) is 4.80. The van der Waals surface area contributed by atoms with Crippen LogP contribution in [0.15, 0.2) is 41.3 Å². The molecular weight excluding hydrogens is 342 g/mol. The molecule has 0 unspecified atom stereocenters. The lowest BCUT2D eigenvalue weighted by molar-refractivity contribution is 0.0728. The Hall–Kier alpha value is -2.96. The maximum absolute atomic E-state index is 13.0. The molecule has 1 aliphatic heterocycles. The molecule has 1 aromatic carbocycles. The summed E-state index contributed by atoms with van der Waals surface area (Å²) in [4.78, 5) is 19.4. The fraction of sp³-hybridized carbons (Fsp3) is 0.400. The van der Waals surface area contributed by atoms with Gasteiger partial charge in [-0.15, -0.1) is 10.2 Å². The van der Waals surface area contributed by atoms with Crippen molar-refractivity contribution in [3.05, 3.63) is 59.8 Å². The topological polar surface area (TPSA) is 77.0 Å². The molecule has 140 valence electrons. The van der Waals surface area contributed by atoms with Gasteiger partial charge in [-0.25, -0.2) is 4.98 Å². The third-order valence-electron chi connectivity index (χ3n) is 4.80. The van der Waals surface area contributed by atoms with Crippen molar-refractivity contribution in [2.45, 2.75) is 39.7 Å². The van der Waals surface area contributed by atoms with Gasteiger partial charge in [0.05, 0.1) is 6.54 Å². The predicted octanol–water partition coefficient (Wildman–Crippen LogP) is 3.04. The van der Waals surface area contributed by atoms with Gasteiger partial charge in [-0.3, -0.25) is 9.36 Å². The van der Waals surface area contributed by atoms with Crippen molar-refractivity contribution >= 4 is 5.91 Å². The van der Waals surface area contributed by atoms with E-state index in [0.717, 1.165) is 35.9 Å². The number of oxazole rings is 1. The molecule has 3 heterocycles. The van der Waals surface area contributed by atoms with Crippen LogP contribution in [-0.2, 0) is 19.4 Å². The molecule has 2 aromatic heterocycles. The lowest BCUT2D eigenvalue weighted by atomic mass is 10.1. The van der Waals surface area contributed by atoms with Crippen molar-refractivity contribution in [2.24, 2.45) is 5.92 Å². The van der Waals surface area contributed by atoms with E-state index in [0.29, 0.717) is 31.0 Å². The van der Waals surface area contributed by atoms with E-state index >= 15 is 0 Å². The zero-order chi connectivity index (χ0) is 18.8. The zero-order valence-electron chi connectivity index (χ0n) is 15.6. The first-order chi connectivity index (χ1) is 13.1. The van der Waals surface area contributed by atoms with Crippen LogP contribution in [0.2, 0.25) is 0 Å². The van der Waals surface area contributed by atoms with Crippen molar-refractivity contribution in [3.8, 4) is 5.69 Å². The molecular formula is C20H23N5O2. The van der Waals surface area contributed by atoms with Gasteiger partial charge >= 0.3 is 0 Å². The molecule has 0 bridgehead atoms. The molecule has 1 amide bonds. The van der Waals surface area contributed by atoms with Gasteiger partial charge in [-0.1, -0.05) is 19.9 Å². The Kier molecular flexibility index (Phi) is 4.75. The maximum atomic E-state index is 13.0. The molecule has 0 spiro atoms. The number of hydrogen-bond acceptors (Lipinski definition) is 5. The van der Waals surface area contributed by atoms with E-state index in [1.165, 1.54) is 0 Å². The summed E-state index contributed by atoms with van der Waals surface area (Å²) < 4.78 is 7.67. The summed E-state index contributed by atoms with van der Waals surface area (Å²) in [5, 5.41) is 7.63. The summed E-state index contributed by atoms with van der Waals surface area (Å²) in [6.07, 6.45) is 5.84. The van der Waals surface area contributed by atoms with Gasteiger partial charge in [0.15, 0.2) is 5.89 Å². The van der Waals surface area contributed by atoms with Gasteiger partial charge in [0.1, 0.15) is 24.1 Å². The number of nitrogens with zero attached hydrogens (tertiary/aromatic N) is 5. The van der Waals surface area contributed by atoms with Crippen LogP contribution in [0, 0.1) is 5.92 Å². The number of hydrogen-bond donors (Lipinski definition) is 0. The van der Waals surface area contributed by atoms with E-state index in [-0.39, 0.29) is 5.91 Å². The van der Waals surface area contributed by atoms with Crippen molar-refractivity contribution < 1.29 is 9.21 Å². The molecule has 1 aliphatic rings. The Labute approximate surface area is 158 Å². The zero-order valence-corrected chi connectivity index (χ0v) is 15.6. The summed E-state index contributed by atoms with van der Waals surface area (Å²) >= 11 is 0. The summed E-state index contributed by atoms with van der Waals surface area (Å²) in [7, 11) is 0. The van der Waals surface area contributed by atoms with E-state index in [2.05, 4.69) is 29.0 Å². The summed E-state index contributed by atoms with van der Waals surface area (Å²) in [5.41, 5.74) is 2.40. The van der Waals surface area contributed by atoms with E-state index in [9.17, 15) is 4.79 Å². The van der Waals surface area contributed by atoms with Crippen LogP contribution in [0.25, 0.3) is 5.69 Å². The monoisotopic (exact) mass is 365 g/mol. The average molecular weight is 365 g/mol. The number of aryl methyl sites for hydroxylation is 1. The molecule has 3 aromatic rings.